The van der Waals surface area contributed by atoms with Crippen LogP contribution in [0.25, 0.3) is 0 Å². The van der Waals surface area contributed by atoms with Crippen LogP contribution in [0.2, 0.25) is 0 Å². The molecule has 0 rings (SSSR count). The number of nitrogens with zero attached hydrogens (tertiary/aromatic N) is 1. The molecule has 0 spiro atoms. The maximum absolute atomic E-state index is 12.7. The van der Waals surface area contributed by atoms with Gasteiger partial charge in [-0.3, -0.25) is 9.59 Å². The number of hydrogen-bond donors (Lipinski definition) is 0. The summed E-state index contributed by atoms with van der Waals surface area (Å²) < 4.78 is 17.1. The highest BCUT2D eigenvalue weighted by Gasteiger charge is 2.25. The molecular weight excluding hydrogens is 703 g/mol. The summed E-state index contributed by atoms with van der Waals surface area (Å²) in [6.45, 7) is 4.47. The Morgan fingerprint density at radius 1 is 0.554 bits per heavy atom. The number of carboxylic acids is 1. The quantitative estimate of drug-likeness (QED) is 0.0266. The van der Waals surface area contributed by atoms with Crippen LogP contribution in [0.5, 0.6) is 0 Å². The lowest BCUT2D eigenvalue weighted by Crippen LogP contribution is -2.55. The van der Waals surface area contributed by atoms with Gasteiger partial charge in [0.1, 0.15) is 12.6 Å². The van der Waals surface area contributed by atoms with Crippen molar-refractivity contribution in [3.8, 4) is 0 Å². The highest BCUT2D eigenvalue weighted by molar-refractivity contribution is 5.70. The fraction of sp³-hybridized carbons (Fsp3) is 0.688. The second-order valence-electron chi connectivity index (χ2n) is 15.6. The third kappa shape index (κ3) is 36.4. The van der Waals surface area contributed by atoms with Crippen molar-refractivity contribution >= 4 is 17.9 Å². The van der Waals surface area contributed by atoms with Crippen LogP contribution < -0.4 is 5.11 Å². The van der Waals surface area contributed by atoms with Gasteiger partial charge in [-0.15, -0.1) is 0 Å². The maximum Gasteiger partial charge on any atom is 0.306 e. The maximum atomic E-state index is 12.7. The van der Waals surface area contributed by atoms with Crippen molar-refractivity contribution in [3.63, 3.8) is 0 Å². The van der Waals surface area contributed by atoms with Crippen LogP contribution in [0.3, 0.4) is 0 Å². The molecule has 0 radical (unpaired) electrons. The van der Waals surface area contributed by atoms with Gasteiger partial charge in [0.05, 0.1) is 40.3 Å². The van der Waals surface area contributed by atoms with E-state index in [4.69, 9.17) is 14.2 Å². The Bertz CT molecular complexity index is 1140. The molecule has 0 saturated heterocycles. The Kier molecular flexibility index (Phi) is 36.4. The summed E-state index contributed by atoms with van der Waals surface area (Å²) in [6, 6.07) is -0.738. The van der Waals surface area contributed by atoms with Gasteiger partial charge >= 0.3 is 11.9 Å². The second kappa shape index (κ2) is 38.6. The molecule has 0 amide bonds. The standard InChI is InChI=1S/C48H81NO7/c1-6-8-10-12-14-16-18-20-21-22-23-24-25-26-27-29-31-33-35-37-39-47(51)56-44(42-54-41-40-45(48(52)53)49(3,4)5)43-55-46(50)38-36-34-32-30-28-19-17-15-13-11-9-7-2/h8,10,14,16,20-21,23-24,26-27,31,33,44-45H,6-7,9,11-13,15,17-19,22,25,28-30,32,34-43H2,1-5H3/b10-8+,16-14+,21-20+,24-23+,27-26+,33-31+. The Morgan fingerprint density at radius 3 is 1.46 bits per heavy atom. The number of hydrogen-bond acceptors (Lipinski definition) is 7. The zero-order chi connectivity index (χ0) is 41.4. The van der Waals surface area contributed by atoms with Crippen molar-refractivity contribution in [2.24, 2.45) is 0 Å². The van der Waals surface area contributed by atoms with Crippen LogP contribution in [0.15, 0.2) is 72.9 Å². The molecular formula is C48H81NO7. The van der Waals surface area contributed by atoms with Crippen LogP contribution in [0.1, 0.15) is 162 Å². The molecule has 0 bridgehead atoms. The Morgan fingerprint density at radius 2 is 1.00 bits per heavy atom. The Balaban J connectivity index is 4.46. The van der Waals surface area contributed by atoms with Gasteiger partial charge in [0.2, 0.25) is 0 Å². The number of rotatable bonds is 38. The predicted octanol–water partition coefficient (Wildman–Crippen LogP) is 10.6. The van der Waals surface area contributed by atoms with E-state index < -0.39 is 18.1 Å². The molecule has 56 heavy (non-hydrogen) atoms. The number of allylic oxidation sites excluding steroid dienone is 12. The normalized spacial score (nSPS) is 13.7. The Labute approximate surface area is 342 Å². The molecule has 0 heterocycles. The predicted molar refractivity (Wildman–Crippen MR) is 231 cm³/mol. The van der Waals surface area contributed by atoms with Gasteiger partial charge in [-0.05, 0) is 57.8 Å². The number of carbonyl (C=O) groups excluding carboxylic acids is 3. The molecule has 0 saturated carbocycles. The van der Waals surface area contributed by atoms with Crippen LogP contribution >= 0.6 is 0 Å². The molecule has 8 heteroatoms. The molecule has 0 aliphatic heterocycles. The minimum atomic E-state index is -1.14. The lowest BCUT2D eigenvalue weighted by molar-refractivity contribution is -0.889. The van der Waals surface area contributed by atoms with Crippen molar-refractivity contribution < 1.29 is 38.2 Å². The summed E-state index contributed by atoms with van der Waals surface area (Å²) in [4.78, 5) is 36.8. The van der Waals surface area contributed by atoms with Gasteiger partial charge in [0.15, 0.2) is 6.10 Å². The SMILES string of the molecule is CC/C=C/C/C=C/C/C=C/C/C=C/C/C=C/C/C=C/CCCC(=O)OC(COCCC(C(=O)[O-])[N+](C)(C)C)COC(=O)CCCCCCCCCCCCCC. The highest BCUT2D eigenvalue weighted by Crippen LogP contribution is 2.13. The molecule has 320 valence electrons. The number of aliphatic carboxylic acids is 1. The zero-order valence-electron chi connectivity index (χ0n) is 36.3. The van der Waals surface area contributed by atoms with Crippen molar-refractivity contribution in [2.45, 2.75) is 174 Å². The van der Waals surface area contributed by atoms with Gasteiger partial charge in [-0.1, -0.05) is 157 Å². The molecule has 0 aliphatic carbocycles. The minimum Gasteiger partial charge on any atom is -0.544 e. The Hall–Kier alpha value is -3.23. The van der Waals surface area contributed by atoms with Crippen LogP contribution in [-0.4, -0.2) is 75.5 Å². The lowest BCUT2D eigenvalue weighted by Gasteiger charge is -2.34. The van der Waals surface area contributed by atoms with Crippen molar-refractivity contribution in [1.82, 2.24) is 0 Å². The molecule has 0 N–H and O–H groups in total. The molecule has 0 fully saturated rings. The molecule has 0 aliphatic rings. The molecule has 0 aromatic rings. The van der Waals surface area contributed by atoms with Crippen molar-refractivity contribution in [2.75, 3.05) is 41.0 Å². The zero-order valence-corrected chi connectivity index (χ0v) is 36.3. The van der Waals surface area contributed by atoms with E-state index in [0.717, 1.165) is 64.2 Å². The fourth-order valence-corrected chi connectivity index (χ4v) is 5.96. The van der Waals surface area contributed by atoms with Crippen LogP contribution in [0.4, 0.5) is 0 Å². The van der Waals surface area contributed by atoms with Gasteiger partial charge in [-0.2, -0.15) is 0 Å². The smallest absolute Gasteiger partial charge is 0.306 e. The topological polar surface area (TPSA) is 102 Å². The summed E-state index contributed by atoms with van der Waals surface area (Å²) in [7, 11) is 5.38. The first kappa shape index (κ1) is 52.8. The molecule has 0 aromatic carbocycles. The van der Waals surface area contributed by atoms with E-state index in [-0.39, 0.29) is 49.1 Å². The van der Waals surface area contributed by atoms with Crippen LogP contribution in [-0.2, 0) is 28.6 Å². The summed E-state index contributed by atoms with van der Waals surface area (Å²) >= 11 is 0. The molecule has 2 unspecified atom stereocenters. The summed E-state index contributed by atoms with van der Waals surface area (Å²) in [5, 5.41) is 11.6. The molecule has 8 nitrogen and oxygen atoms in total. The average molecular weight is 784 g/mol. The lowest BCUT2D eigenvalue weighted by atomic mass is 10.0. The minimum absolute atomic E-state index is 0.0156. The second-order valence-corrected chi connectivity index (χ2v) is 15.6. The summed E-state index contributed by atoms with van der Waals surface area (Å²) in [5.74, 6) is -1.82. The number of carbonyl (C=O) groups is 3. The number of likely N-dealkylation sites (N-methyl/N-ethyl adjacent to an activating group) is 1. The van der Waals surface area contributed by atoms with Crippen molar-refractivity contribution in [3.05, 3.63) is 72.9 Å². The van der Waals surface area contributed by atoms with Gasteiger partial charge in [-0.25, -0.2) is 0 Å². The van der Waals surface area contributed by atoms with E-state index in [1.165, 1.54) is 57.8 Å². The molecule has 2 atom stereocenters. The first-order chi connectivity index (χ1) is 27.1. The third-order valence-corrected chi connectivity index (χ3v) is 9.36. The van der Waals surface area contributed by atoms with Gasteiger partial charge < -0.3 is 28.6 Å². The highest BCUT2D eigenvalue weighted by atomic mass is 16.6. The summed E-state index contributed by atoms with van der Waals surface area (Å²) in [5.41, 5.74) is 0. The first-order valence-electron chi connectivity index (χ1n) is 22.0. The largest absolute Gasteiger partial charge is 0.544 e. The number of ether oxygens (including phenoxy) is 3. The number of esters is 2. The van der Waals surface area contributed by atoms with E-state index >= 15 is 0 Å². The summed E-state index contributed by atoms with van der Waals surface area (Å²) in [6.07, 6.45) is 47.9. The van der Waals surface area contributed by atoms with E-state index in [1.807, 2.05) is 0 Å². The van der Waals surface area contributed by atoms with Crippen LogP contribution in [0, 0.1) is 0 Å². The van der Waals surface area contributed by atoms with Crippen molar-refractivity contribution in [1.29, 1.82) is 0 Å². The fourth-order valence-electron chi connectivity index (χ4n) is 5.96. The van der Waals surface area contributed by atoms with Gasteiger partial charge in [0.25, 0.3) is 0 Å². The van der Waals surface area contributed by atoms with E-state index in [2.05, 4.69) is 86.8 Å². The molecule has 0 aromatic heterocycles. The average Bonchev–Trinajstić information content (AvgIpc) is 3.15. The number of unbranched alkanes of at least 4 members (excludes halogenated alkanes) is 12. The third-order valence-electron chi connectivity index (χ3n) is 9.36. The van der Waals surface area contributed by atoms with E-state index in [9.17, 15) is 19.5 Å². The van der Waals surface area contributed by atoms with Gasteiger partial charge in [0, 0.05) is 19.3 Å². The first-order valence-corrected chi connectivity index (χ1v) is 22.0. The number of carboxylic acid groups (broad SMARTS) is 1. The van der Waals surface area contributed by atoms with E-state index in [0.29, 0.717) is 12.8 Å². The monoisotopic (exact) mass is 784 g/mol. The number of quaternary nitrogens is 1. The van der Waals surface area contributed by atoms with E-state index in [1.54, 1.807) is 21.1 Å².